The van der Waals surface area contributed by atoms with Crippen LogP contribution >= 0.6 is 36.0 Å². The SMILES string of the molecule is O=C(Nc1cnc2ccc(-c3cc(Cl)c(O)c(Cl)c3)cc2n1)N(S)C1CCC1. The predicted octanol–water partition coefficient (Wildman–Crippen LogP) is 5.54. The zero-order valence-corrected chi connectivity index (χ0v) is 17.0. The number of hydrogen-bond donors (Lipinski definition) is 3. The third kappa shape index (κ3) is 3.70. The van der Waals surface area contributed by atoms with Crippen LogP contribution in [-0.4, -0.2) is 31.5 Å². The summed E-state index contributed by atoms with van der Waals surface area (Å²) in [5.41, 5.74) is 2.82. The molecule has 9 heteroatoms. The number of thiol groups is 1. The summed E-state index contributed by atoms with van der Waals surface area (Å²) in [5, 5.41) is 12.8. The summed E-state index contributed by atoms with van der Waals surface area (Å²) in [4.78, 5) is 21.1. The number of aromatic nitrogens is 2. The molecule has 0 aliphatic heterocycles. The Hall–Kier alpha value is -2.22. The Morgan fingerprint density at radius 2 is 1.86 bits per heavy atom. The summed E-state index contributed by atoms with van der Waals surface area (Å²) < 4.78 is 1.41. The zero-order valence-electron chi connectivity index (χ0n) is 14.6. The largest absolute Gasteiger partial charge is 0.505 e. The number of carbonyl (C=O) groups is 1. The minimum atomic E-state index is -0.324. The average Bonchev–Trinajstić information content (AvgIpc) is 2.63. The number of hydrogen-bond acceptors (Lipinski definition) is 5. The van der Waals surface area contributed by atoms with E-state index < -0.39 is 0 Å². The molecule has 1 saturated carbocycles. The Morgan fingerprint density at radius 3 is 2.50 bits per heavy atom. The molecule has 2 N–H and O–H groups in total. The smallest absolute Gasteiger partial charge is 0.333 e. The Kier molecular flexibility index (Phi) is 5.23. The maximum atomic E-state index is 12.3. The quantitative estimate of drug-likeness (QED) is 0.472. The molecular weight excluding hydrogens is 419 g/mol. The van der Waals surface area contributed by atoms with E-state index in [9.17, 15) is 9.90 Å². The van der Waals surface area contributed by atoms with Crippen molar-refractivity contribution in [1.82, 2.24) is 14.3 Å². The first-order valence-corrected chi connectivity index (χ1v) is 9.82. The van der Waals surface area contributed by atoms with Crippen LogP contribution in [0.1, 0.15) is 19.3 Å². The number of rotatable bonds is 3. The van der Waals surface area contributed by atoms with E-state index in [-0.39, 0.29) is 27.9 Å². The molecule has 0 atom stereocenters. The van der Waals surface area contributed by atoms with E-state index in [0.717, 1.165) is 30.4 Å². The summed E-state index contributed by atoms with van der Waals surface area (Å²) >= 11 is 16.3. The van der Waals surface area contributed by atoms with Crippen molar-refractivity contribution < 1.29 is 9.90 Å². The van der Waals surface area contributed by atoms with E-state index in [1.54, 1.807) is 12.1 Å². The van der Waals surface area contributed by atoms with Gasteiger partial charge >= 0.3 is 6.03 Å². The number of phenols is 1. The molecule has 28 heavy (non-hydrogen) atoms. The molecule has 0 bridgehead atoms. The van der Waals surface area contributed by atoms with Gasteiger partial charge in [-0.2, -0.15) is 0 Å². The molecule has 3 aromatic rings. The fourth-order valence-electron chi connectivity index (χ4n) is 2.95. The van der Waals surface area contributed by atoms with Gasteiger partial charge < -0.3 is 5.11 Å². The Morgan fingerprint density at radius 1 is 1.14 bits per heavy atom. The van der Waals surface area contributed by atoms with Gasteiger partial charge in [-0.3, -0.25) is 14.6 Å². The molecule has 0 unspecified atom stereocenters. The van der Waals surface area contributed by atoms with Gasteiger partial charge in [0.15, 0.2) is 11.6 Å². The van der Waals surface area contributed by atoms with Gasteiger partial charge in [0.2, 0.25) is 0 Å². The first-order chi connectivity index (χ1) is 13.4. The highest BCUT2D eigenvalue weighted by Crippen LogP contribution is 2.37. The number of urea groups is 1. The summed E-state index contributed by atoms with van der Waals surface area (Å²) in [5.74, 6) is 0.190. The van der Waals surface area contributed by atoms with Crippen LogP contribution in [0.15, 0.2) is 36.5 Å². The van der Waals surface area contributed by atoms with Gasteiger partial charge in [-0.05, 0) is 54.7 Å². The number of nitrogens with zero attached hydrogens (tertiary/aromatic N) is 3. The van der Waals surface area contributed by atoms with Gasteiger partial charge in [0.05, 0.1) is 27.3 Å². The maximum Gasteiger partial charge on any atom is 0.333 e. The lowest BCUT2D eigenvalue weighted by Gasteiger charge is -2.33. The summed E-state index contributed by atoms with van der Waals surface area (Å²) in [6.45, 7) is 0. The number of phenolic OH excluding ortho intramolecular Hbond substituents is 1. The third-order valence-corrected chi connectivity index (χ3v) is 5.84. The van der Waals surface area contributed by atoms with E-state index in [0.29, 0.717) is 16.9 Å². The second-order valence-electron chi connectivity index (χ2n) is 6.61. The standard InChI is InChI=1S/C19H16Cl2N4O2S/c20-13-6-11(7-14(21)18(13)26)10-4-5-15-16(8-10)23-17(9-22-15)24-19(27)25(28)12-2-1-3-12/h4-9,12,26,28H,1-3H2,(H,23,24,27). The lowest BCUT2D eigenvalue weighted by molar-refractivity contribution is 0.208. The molecule has 1 heterocycles. The van der Waals surface area contributed by atoms with Crippen LogP contribution < -0.4 is 5.32 Å². The van der Waals surface area contributed by atoms with Crippen LogP contribution in [-0.2, 0) is 0 Å². The summed E-state index contributed by atoms with van der Waals surface area (Å²) in [6, 6.07) is 8.59. The number of nitrogens with one attached hydrogen (secondary N) is 1. The van der Waals surface area contributed by atoms with Crippen molar-refractivity contribution >= 4 is 58.9 Å². The molecule has 2 aromatic carbocycles. The van der Waals surface area contributed by atoms with Gasteiger partial charge in [0.25, 0.3) is 0 Å². The fourth-order valence-corrected chi connectivity index (χ4v) is 3.72. The van der Waals surface area contributed by atoms with Crippen molar-refractivity contribution in [3.8, 4) is 16.9 Å². The Balaban J connectivity index is 1.63. The minimum absolute atomic E-state index is 0.152. The van der Waals surface area contributed by atoms with Crippen LogP contribution in [0.4, 0.5) is 10.6 Å². The molecule has 2 amide bonds. The number of benzene rings is 2. The molecule has 144 valence electrons. The predicted molar refractivity (Wildman–Crippen MR) is 114 cm³/mol. The Labute approximate surface area is 177 Å². The number of amides is 2. The monoisotopic (exact) mass is 434 g/mol. The van der Waals surface area contributed by atoms with Crippen molar-refractivity contribution in [3.63, 3.8) is 0 Å². The highest BCUT2D eigenvalue weighted by atomic mass is 35.5. The molecule has 4 rings (SSSR count). The number of fused-ring (bicyclic) bond motifs is 1. The van der Waals surface area contributed by atoms with Crippen molar-refractivity contribution in [2.45, 2.75) is 25.3 Å². The summed E-state index contributed by atoms with van der Waals surface area (Å²) in [6.07, 6.45) is 4.54. The second kappa shape index (κ2) is 7.66. The molecule has 0 radical (unpaired) electrons. The average molecular weight is 435 g/mol. The topological polar surface area (TPSA) is 78.3 Å². The van der Waals surface area contributed by atoms with Crippen molar-refractivity contribution in [3.05, 3.63) is 46.6 Å². The minimum Gasteiger partial charge on any atom is -0.505 e. The molecule has 1 aliphatic rings. The fraction of sp³-hybridized carbons (Fsp3) is 0.211. The molecule has 6 nitrogen and oxygen atoms in total. The van der Waals surface area contributed by atoms with Crippen molar-refractivity contribution in [2.24, 2.45) is 0 Å². The number of carbonyl (C=O) groups excluding carboxylic acids is 1. The van der Waals surface area contributed by atoms with Gasteiger partial charge in [-0.1, -0.05) is 42.1 Å². The van der Waals surface area contributed by atoms with Crippen molar-refractivity contribution in [2.75, 3.05) is 5.32 Å². The highest BCUT2D eigenvalue weighted by Gasteiger charge is 2.27. The molecule has 0 saturated heterocycles. The number of anilines is 1. The third-order valence-electron chi connectivity index (χ3n) is 4.76. The van der Waals surface area contributed by atoms with E-state index in [1.165, 1.54) is 10.5 Å². The summed E-state index contributed by atoms with van der Waals surface area (Å²) in [7, 11) is 0. The number of halogens is 2. The molecule has 1 aromatic heterocycles. The second-order valence-corrected chi connectivity index (χ2v) is 7.85. The van der Waals surface area contributed by atoms with E-state index >= 15 is 0 Å². The van der Waals surface area contributed by atoms with Crippen LogP contribution in [0.2, 0.25) is 10.0 Å². The number of aromatic hydroxyl groups is 1. The van der Waals surface area contributed by atoms with Gasteiger partial charge in [0.1, 0.15) is 0 Å². The lowest BCUT2D eigenvalue weighted by Crippen LogP contribution is -2.40. The molecule has 1 aliphatic carbocycles. The van der Waals surface area contributed by atoms with Crippen LogP contribution in [0.5, 0.6) is 5.75 Å². The Bertz CT molecular complexity index is 1050. The van der Waals surface area contributed by atoms with Crippen LogP contribution in [0.25, 0.3) is 22.2 Å². The van der Waals surface area contributed by atoms with Gasteiger partial charge in [-0.15, -0.1) is 0 Å². The first kappa shape index (κ1) is 19.1. The molecule has 1 fully saturated rings. The van der Waals surface area contributed by atoms with Gasteiger partial charge in [-0.25, -0.2) is 9.78 Å². The van der Waals surface area contributed by atoms with Crippen LogP contribution in [0, 0.1) is 0 Å². The molecule has 0 spiro atoms. The highest BCUT2D eigenvalue weighted by molar-refractivity contribution is 7.78. The van der Waals surface area contributed by atoms with E-state index in [1.807, 2.05) is 18.2 Å². The zero-order chi connectivity index (χ0) is 19.8. The first-order valence-electron chi connectivity index (χ1n) is 8.66. The van der Waals surface area contributed by atoms with Gasteiger partial charge in [0, 0.05) is 6.04 Å². The lowest BCUT2D eigenvalue weighted by atomic mass is 9.93. The van der Waals surface area contributed by atoms with Crippen LogP contribution in [0.3, 0.4) is 0 Å². The van der Waals surface area contributed by atoms with Crippen molar-refractivity contribution in [1.29, 1.82) is 0 Å². The normalized spacial score (nSPS) is 14.0. The van der Waals surface area contributed by atoms with E-state index in [4.69, 9.17) is 23.2 Å². The maximum absolute atomic E-state index is 12.3. The molecular formula is C19H16Cl2N4O2S. The van der Waals surface area contributed by atoms with E-state index in [2.05, 4.69) is 28.1 Å².